The Labute approximate surface area is 171 Å². The van der Waals surface area contributed by atoms with Crippen molar-refractivity contribution in [3.8, 4) is 0 Å². The Morgan fingerprint density at radius 2 is 1.59 bits per heavy atom. The minimum Gasteiger partial charge on any atom is -0.463 e. The molecule has 4 aromatic rings. The van der Waals surface area contributed by atoms with Crippen LogP contribution in [0.4, 0.5) is 0 Å². The largest absolute Gasteiger partial charge is 0.463 e. The fraction of sp³-hybridized carbons (Fsp3) is 0.269. The van der Waals surface area contributed by atoms with Crippen LogP contribution in [0, 0.1) is 0 Å². The van der Waals surface area contributed by atoms with E-state index in [1.165, 1.54) is 37.9 Å². The van der Waals surface area contributed by atoms with Crippen molar-refractivity contribution >= 4 is 38.3 Å². The summed E-state index contributed by atoms with van der Waals surface area (Å²) in [6, 6.07) is 19.8. The van der Waals surface area contributed by atoms with Crippen molar-refractivity contribution in [2.75, 3.05) is 13.2 Å². The van der Waals surface area contributed by atoms with Gasteiger partial charge in [-0.25, -0.2) is 4.79 Å². The molecule has 0 amide bonds. The van der Waals surface area contributed by atoms with Gasteiger partial charge in [0.05, 0.1) is 6.61 Å². The van der Waals surface area contributed by atoms with Gasteiger partial charge in [0.25, 0.3) is 0 Å². The van der Waals surface area contributed by atoms with Gasteiger partial charge < -0.3 is 10.5 Å². The third-order valence-corrected chi connectivity index (χ3v) is 5.55. The lowest BCUT2D eigenvalue weighted by Crippen LogP contribution is -2.04. The first-order valence-electron chi connectivity index (χ1n) is 10.5. The van der Waals surface area contributed by atoms with E-state index in [4.69, 9.17) is 10.5 Å². The maximum absolute atomic E-state index is 11.8. The van der Waals surface area contributed by atoms with E-state index in [9.17, 15) is 4.79 Å². The summed E-state index contributed by atoms with van der Waals surface area (Å²) in [6.45, 7) is 1.16. The molecule has 0 bridgehead atoms. The first-order chi connectivity index (χ1) is 14.3. The summed E-state index contributed by atoms with van der Waals surface area (Å²) in [4.78, 5) is 11.8. The zero-order valence-corrected chi connectivity index (χ0v) is 16.7. The Morgan fingerprint density at radius 1 is 0.862 bits per heavy atom. The third kappa shape index (κ3) is 4.25. The van der Waals surface area contributed by atoms with Crippen LogP contribution in [0.3, 0.4) is 0 Å². The minimum atomic E-state index is -0.256. The van der Waals surface area contributed by atoms with Crippen LogP contribution in [0.2, 0.25) is 0 Å². The number of rotatable bonds is 9. The monoisotopic (exact) mass is 385 g/mol. The molecule has 0 saturated heterocycles. The SMILES string of the molecule is NCCCCCOC(=O)/C=C/CCc1ccc2ccc3cccc4ccc1c2c34. The second kappa shape index (κ2) is 9.06. The zero-order valence-electron chi connectivity index (χ0n) is 16.7. The van der Waals surface area contributed by atoms with Crippen molar-refractivity contribution < 1.29 is 9.53 Å². The number of ether oxygens (including phenoxy) is 1. The van der Waals surface area contributed by atoms with Gasteiger partial charge in [-0.2, -0.15) is 0 Å². The fourth-order valence-corrected chi connectivity index (χ4v) is 4.08. The summed E-state index contributed by atoms with van der Waals surface area (Å²) >= 11 is 0. The first kappa shape index (κ1) is 19.4. The molecule has 3 nitrogen and oxygen atoms in total. The molecule has 0 fully saturated rings. The van der Waals surface area contributed by atoms with Crippen molar-refractivity contribution in [3.63, 3.8) is 0 Å². The van der Waals surface area contributed by atoms with Crippen LogP contribution in [0.15, 0.2) is 66.7 Å². The quantitative estimate of drug-likeness (QED) is 0.173. The number of carbonyl (C=O) groups is 1. The molecule has 4 rings (SSSR count). The maximum Gasteiger partial charge on any atom is 0.330 e. The average molecular weight is 386 g/mol. The maximum atomic E-state index is 11.8. The minimum absolute atomic E-state index is 0.256. The first-order valence-corrected chi connectivity index (χ1v) is 10.5. The highest BCUT2D eigenvalue weighted by Gasteiger charge is 2.10. The molecule has 0 atom stereocenters. The Kier molecular flexibility index (Phi) is 6.06. The molecule has 0 radical (unpaired) electrons. The lowest BCUT2D eigenvalue weighted by Gasteiger charge is -2.13. The molecule has 0 aromatic heterocycles. The molecular formula is C26H27NO2. The fourth-order valence-electron chi connectivity index (χ4n) is 4.08. The molecule has 0 aliphatic carbocycles. The summed E-state index contributed by atoms with van der Waals surface area (Å²) in [7, 11) is 0. The molecule has 0 unspecified atom stereocenters. The number of unbranched alkanes of at least 4 members (excludes halogenated alkanes) is 2. The Balaban J connectivity index is 1.44. The molecule has 29 heavy (non-hydrogen) atoms. The molecule has 4 aromatic carbocycles. The summed E-state index contributed by atoms with van der Waals surface area (Å²) in [5.74, 6) is -0.256. The van der Waals surface area contributed by atoms with E-state index in [1.807, 2.05) is 6.08 Å². The van der Waals surface area contributed by atoms with E-state index in [-0.39, 0.29) is 5.97 Å². The van der Waals surface area contributed by atoms with E-state index in [0.29, 0.717) is 13.2 Å². The highest BCUT2D eigenvalue weighted by Crippen LogP contribution is 2.36. The van der Waals surface area contributed by atoms with Gasteiger partial charge in [-0.15, -0.1) is 0 Å². The average Bonchev–Trinajstić information content (AvgIpc) is 2.75. The van der Waals surface area contributed by atoms with E-state index >= 15 is 0 Å². The predicted octanol–water partition coefficient (Wildman–Crippen LogP) is 5.75. The van der Waals surface area contributed by atoms with Crippen LogP contribution in [0.25, 0.3) is 32.3 Å². The smallest absolute Gasteiger partial charge is 0.330 e. The van der Waals surface area contributed by atoms with Crippen LogP contribution in [-0.4, -0.2) is 19.1 Å². The highest BCUT2D eigenvalue weighted by molar-refractivity contribution is 6.23. The van der Waals surface area contributed by atoms with E-state index in [2.05, 4.69) is 54.6 Å². The van der Waals surface area contributed by atoms with E-state index in [1.54, 1.807) is 6.08 Å². The second-order valence-corrected chi connectivity index (χ2v) is 7.54. The van der Waals surface area contributed by atoms with Crippen molar-refractivity contribution in [3.05, 3.63) is 72.3 Å². The van der Waals surface area contributed by atoms with Crippen molar-refractivity contribution in [1.82, 2.24) is 0 Å². The molecule has 0 spiro atoms. The van der Waals surface area contributed by atoms with Gasteiger partial charge in [0.1, 0.15) is 0 Å². The molecule has 0 heterocycles. The van der Waals surface area contributed by atoms with E-state index in [0.717, 1.165) is 32.1 Å². The molecule has 2 N–H and O–H groups in total. The van der Waals surface area contributed by atoms with Crippen molar-refractivity contribution in [1.29, 1.82) is 0 Å². The molecule has 0 saturated carbocycles. The van der Waals surface area contributed by atoms with Crippen LogP contribution in [0.5, 0.6) is 0 Å². The number of allylic oxidation sites excluding steroid dienone is 1. The lowest BCUT2D eigenvalue weighted by atomic mass is 9.91. The summed E-state index contributed by atoms with van der Waals surface area (Å²) < 4.78 is 5.22. The number of aryl methyl sites for hydroxylation is 1. The van der Waals surface area contributed by atoms with Crippen LogP contribution in [0.1, 0.15) is 31.2 Å². The Morgan fingerprint density at radius 3 is 2.38 bits per heavy atom. The normalized spacial score (nSPS) is 11.9. The summed E-state index contributed by atoms with van der Waals surface area (Å²) in [5.41, 5.74) is 6.77. The highest BCUT2D eigenvalue weighted by atomic mass is 16.5. The predicted molar refractivity (Wildman–Crippen MR) is 121 cm³/mol. The number of hydrogen-bond donors (Lipinski definition) is 1. The molecule has 0 aliphatic rings. The van der Waals surface area contributed by atoms with Crippen molar-refractivity contribution in [2.45, 2.75) is 32.1 Å². The Bertz CT molecular complexity index is 1130. The van der Waals surface area contributed by atoms with Gasteiger partial charge in [-0.1, -0.05) is 60.7 Å². The topological polar surface area (TPSA) is 52.3 Å². The number of benzene rings is 4. The zero-order chi connectivity index (χ0) is 20.1. The van der Waals surface area contributed by atoms with Crippen LogP contribution in [-0.2, 0) is 16.0 Å². The molecule has 0 aliphatic heterocycles. The summed E-state index contributed by atoms with van der Waals surface area (Å²) in [6.07, 6.45) is 8.04. The molecular weight excluding hydrogens is 358 g/mol. The standard InChI is InChI=1S/C26H27NO2/c27-17-4-1-5-18-29-24(28)10-3-2-7-19-11-12-22-14-13-20-8-6-9-21-15-16-23(19)26(22)25(20)21/h3,6,8-16H,1-2,4-5,7,17-18,27H2/b10-3+. The van der Waals surface area contributed by atoms with Crippen LogP contribution < -0.4 is 5.73 Å². The van der Waals surface area contributed by atoms with Gasteiger partial charge in [0.15, 0.2) is 0 Å². The Hall–Kier alpha value is -2.91. The van der Waals surface area contributed by atoms with E-state index < -0.39 is 0 Å². The number of nitrogens with two attached hydrogens (primary N) is 1. The number of hydrogen-bond acceptors (Lipinski definition) is 3. The number of esters is 1. The number of carbonyl (C=O) groups excluding carboxylic acids is 1. The van der Waals surface area contributed by atoms with Crippen molar-refractivity contribution in [2.24, 2.45) is 5.73 Å². The van der Waals surface area contributed by atoms with Gasteiger partial charge in [0, 0.05) is 6.08 Å². The van der Waals surface area contributed by atoms with Gasteiger partial charge in [-0.3, -0.25) is 0 Å². The second-order valence-electron chi connectivity index (χ2n) is 7.54. The third-order valence-electron chi connectivity index (χ3n) is 5.55. The van der Waals surface area contributed by atoms with Gasteiger partial charge in [-0.05, 0) is 76.5 Å². The molecule has 148 valence electrons. The van der Waals surface area contributed by atoms with Crippen LogP contribution >= 0.6 is 0 Å². The van der Waals surface area contributed by atoms with Gasteiger partial charge in [0.2, 0.25) is 0 Å². The summed E-state index contributed by atoms with van der Waals surface area (Å²) in [5, 5.41) is 7.85. The molecule has 3 heteroatoms. The van der Waals surface area contributed by atoms with Gasteiger partial charge >= 0.3 is 5.97 Å². The lowest BCUT2D eigenvalue weighted by molar-refractivity contribution is -0.137.